The van der Waals surface area contributed by atoms with Gasteiger partial charge in [-0.1, -0.05) is 54.1 Å². The van der Waals surface area contributed by atoms with Crippen molar-refractivity contribution in [1.82, 2.24) is 19.8 Å². The van der Waals surface area contributed by atoms with Crippen molar-refractivity contribution in [3.8, 4) is 0 Å². The highest BCUT2D eigenvalue weighted by Crippen LogP contribution is 2.29. The number of likely N-dealkylation sites (tertiary alicyclic amines) is 1. The lowest BCUT2D eigenvalue weighted by molar-refractivity contribution is -0.127. The van der Waals surface area contributed by atoms with E-state index in [0.717, 1.165) is 16.8 Å². The van der Waals surface area contributed by atoms with Gasteiger partial charge in [-0.05, 0) is 43.0 Å². The highest BCUT2D eigenvalue weighted by atomic mass is 35.5. The maximum Gasteiger partial charge on any atom is 0.274 e. The van der Waals surface area contributed by atoms with Crippen LogP contribution in [0.4, 0.5) is 0 Å². The third-order valence-corrected chi connectivity index (χ3v) is 7.24. The SMILES string of the molecule is C[C@@H](NC(=O)C1CCN(C(=O)c2ncn3c2CO[C@H](c2ccc(Cl)cc2)C3)CC1)c1ccccc1. The monoisotopic (exact) mass is 492 g/mol. The number of halogens is 1. The molecule has 182 valence electrons. The second kappa shape index (κ2) is 10.2. The lowest BCUT2D eigenvalue weighted by atomic mass is 9.95. The third-order valence-electron chi connectivity index (χ3n) is 6.99. The molecule has 0 saturated carbocycles. The molecule has 2 atom stereocenters. The van der Waals surface area contributed by atoms with Gasteiger partial charge in [0.1, 0.15) is 6.10 Å². The molecule has 2 aliphatic heterocycles. The molecule has 0 unspecified atom stereocenters. The fraction of sp³-hybridized carbons (Fsp3) is 0.370. The fourth-order valence-corrected chi connectivity index (χ4v) is 4.96. The minimum absolute atomic E-state index is 0.0443. The smallest absolute Gasteiger partial charge is 0.274 e. The molecule has 8 heteroatoms. The number of hydrogen-bond donors (Lipinski definition) is 1. The fourth-order valence-electron chi connectivity index (χ4n) is 4.84. The van der Waals surface area contributed by atoms with Crippen LogP contribution in [0.15, 0.2) is 60.9 Å². The number of hydrogen-bond acceptors (Lipinski definition) is 4. The summed E-state index contributed by atoms with van der Waals surface area (Å²) < 4.78 is 8.06. The van der Waals surface area contributed by atoms with E-state index in [2.05, 4.69) is 10.3 Å². The topological polar surface area (TPSA) is 76.5 Å². The standard InChI is InChI=1S/C27H29ClN4O3/c1-18(19-5-3-2-4-6-19)30-26(33)21-11-13-31(14-12-21)27(34)25-23-16-35-24(15-32(23)17-29-25)20-7-9-22(28)10-8-20/h2-10,17-18,21,24H,11-16H2,1H3,(H,30,33)/t18-,24+/m1/s1. The van der Waals surface area contributed by atoms with Crippen molar-refractivity contribution in [2.45, 2.75) is 45.1 Å². The van der Waals surface area contributed by atoms with Gasteiger partial charge in [-0.25, -0.2) is 4.98 Å². The number of aromatic nitrogens is 2. The van der Waals surface area contributed by atoms with Gasteiger partial charge < -0.3 is 19.5 Å². The van der Waals surface area contributed by atoms with E-state index in [1.54, 1.807) is 11.2 Å². The van der Waals surface area contributed by atoms with Crippen LogP contribution in [0.3, 0.4) is 0 Å². The molecule has 1 saturated heterocycles. The van der Waals surface area contributed by atoms with Crippen molar-refractivity contribution < 1.29 is 14.3 Å². The number of piperidine rings is 1. The number of carbonyl (C=O) groups is 2. The Bertz CT molecular complexity index is 1190. The highest BCUT2D eigenvalue weighted by molar-refractivity contribution is 6.30. The van der Waals surface area contributed by atoms with Gasteiger partial charge in [0, 0.05) is 24.0 Å². The van der Waals surface area contributed by atoms with E-state index in [0.29, 0.717) is 49.8 Å². The quantitative estimate of drug-likeness (QED) is 0.567. The van der Waals surface area contributed by atoms with E-state index in [1.807, 2.05) is 66.1 Å². The lowest BCUT2D eigenvalue weighted by Gasteiger charge is -2.32. The summed E-state index contributed by atoms with van der Waals surface area (Å²) in [7, 11) is 0. The van der Waals surface area contributed by atoms with Crippen molar-refractivity contribution in [2.24, 2.45) is 5.92 Å². The van der Waals surface area contributed by atoms with Gasteiger partial charge in [0.15, 0.2) is 5.69 Å². The molecule has 2 aromatic carbocycles. The molecule has 2 aliphatic rings. The predicted molar refractivity (Wildman–Crippen MR) is 133 cm³/mol. The van der Waals surface area contributed by atoms with Crippen molar-refractivity contribution in [2.75, 3.05) is 13.1 Å². The molecule has 0 bridgehead atoms. The molecule has 1 N–H and O–H groups in total. The maximum absolute atomic E-state index is 13.2. The lowest BCUT2D eigenvalue weighted by Crippen LogP contribution is -2.43. The van der Waals surface area contributed by atoms with E-state index >= 15 is 0 Å². The summed E-state index contributed by atoms with van der Waals surface area (Å²) in [4.78, 5) is 32.3. The second-order valence-corrected chi connectivity index (χ2v) is 9.69. The number of rotatable bonds is 5. The van der Waals surface area contributed by atoms with Crippen LogP contribution >= 0.6 is 11.6 Å². The summed E-state index contributed by atoms with van der Waals surface area (Å²) in [5.41, 5.74) is 3.37. The third kappa shape index (κ3) is 5.11. The maximum atomic E-state index is 13.2. The average Bonchev–Trinajstić information content (AvgIpc) is 3.32. The molecule has 2 amide bonds. The first kappa shape index (κ1) is 23.6. The summed E-state index contributed by atoms with van der Waals surface area (Å²) >= 11 is 6.00. The summed E-state index contributed by atoms with van der Waals surface area (Å²) in [5, 5.41) is 3.80. The zero-order valence-electron chi connectivity index (χ0n) is 19.7. The Morgan fingerprint density at radius 1 is 1.09 bits per heavy atom. The Balaban J connectivity index is 1.17. The van der Waals surface area contributed by atoms with E-state index < -0.39 is 0 Å². The van der Waals surface area contributed by atoms with Crippen LogP contribution in [0, 0.1) is 5.92 Å². The summed E-state index contributed by atoms with van der Waals surface area (Å²) in [6, 6.07) is 17.5. The molecule has 0 aliphatic carbocycles. The molecular formula is C27H29ClN4O3. The molecule has 3 heterocycles. The van der Waals surface area contributed by atoms with E-state index in [9.17, 15) is 9.59 Å². The van der Waals surface area contributed by atoms with Gasteiger partial charge in [-0.3, -0.25) is 9.59 Å². The Morgan fingerprint density at radius 3 is 2.51 bits per heavy atom. The molecule has 35 heavy (non-hydrogen) atoms. The van der Waals surface area contributed by atoms with Crippen LogP contribution in [-0.4, -0.2) is 39.4 Å². The zero-order valence-corrected chi connectivity index (χ0v) is 20.4. The van der Waals surface area contributed by atoms with Crippen molar-refractivity contribution in [3.63, 3.8) is 0 Å². The Morgan fingerprint density at radius 2 is 1.80 bits per heavy atom. The number of fused-ring (bicyclic) bond motifs is 1. The first-order chi connectivity index (χ1) is 17.0. The van der Waals surface area contributed by atoms with Crippen molar-refractivity contribution in [3.05, 3.63) is 88.5 Å². The van der Waals surface area contributed by atoms with E-state index in [-0.39, 0.29) is 29.9 Å². The zero-order chi connectivity index (χ0) is 24.4. The Kier molecular flexibility index (Phi) is 6.88. The van der Waals surface area contributed by atoms with Crippen LogP contribution in [-0.2, 0) is 22.7 Å². The average molecular weight is 493 g/mol. The second-order valence-electron chi connectivity index (χ2n) is 9.25. The number of nitrogens with zero attached hydrogens (tertiary/aromatic N) is 3. The molecule has 0 radical (unpaired) electrons. The van der Waals surface area contributed by atoms with Crippen LogP contribution < -0.4 is 5.32 Å². The largest absolute Gasteiger partial charge is 0.365 e. The van der Waals surface area contributed by atoms with Gasteiger partial charge in [-0.15, -0.1) is 0 Å². The summed E-state index contributed by atoms with van der Waals surface area (Å²) in [5.74, 6) is -0.136. The number of nitrogens with one attached hydrogen (secondary N) is 1. The van der Waals surface area contributed by atoms with Gasteiger partial charge in [0.25, 0.3) is 5.91 Å². The van der Waals surface area contributed by atoms with Crippen molar-refractivity contribution >= 4 is 23.4 Å². The van der Waals surface area contributed by atoms with Gasteiger partial charge in [0.05, 0.1) is 31.2 Å². The van der Waals surface area contributed by atoms with Crippen LogP contribution in [0.25, 0.3) is 0 Å². The highest BCUT2D eigenvalue weighted by Gasteiger charge is 2.32. The molecule has 7 nitrogen and oxygen atoms in total. The number of ether oxygens (including phenoxy) is 1. The van der Waals surface area contributed by atoms with E-state index in [1.165, 1.54) is 0 Å². The summed E-state index contributed by atoms with van der Waals surface area (Å²) in [6.07, 6.45) is 2.90. The van der Waals surface area contributed by atoms with Crippen LogP contribution in [0.2, 0.25) is 5.02 Å². The molecular weight excluding hydrogens is 464 g/mol. The Hall–Kier alpha value is -3.16. The summed E-state index contributed by atoms with van der Waals surface area (Å²) in [6.45, 7) is 3.99. The van der Waals surface area contributed by atoms with Gasteiger partial charge >= 0.3 is 0 Å². The number of benzene rings is 2. The molecule has 5 rings (SSSR count). The predicted octanol–water partition coefficient (Wildman–Crippen LogP) is 4.54. The minimum atomic E-state index is -0.107. The Labute approximate surface area is 210 Å². The van der Waals surface area contributed by atoms with E-state index in [4.69, 9.17) is 16.3 Å². The molecule has 1 fully saturated rings. The van der Waals surface area contributed by atoms with Crippen molar-refractivity contribution in [1.29, 1.82) is 0 Å². The normalized spacial score (nSPS) is 19.1. The number of carbonyl (C=O) groups excluding carboxylic acids is 2. The number of imidazole rings is 1. The molecule has 3 aromatic rings. The van der Waals surface area contributed by atoms with Crippen LogP contribution in [0.1, 0.15) is 59.2 Å². The molecule has 0 spiro atoms. The number of amides is 2. The minimum Gasteiger partial charge on any atom is -0.365 e. The van der Waals surface area contributed by atoms with Crippen LogP contribution in [0.5, 0.6) is 0 Å². The molecule has 1 aromatic heterocycles. The van der Waals surface area contributed by atoms with Gasteiger partial charge in [0.2, 0.25) is 5.91 Å². The van der Waals surface area contributed by atoms with Gasteiger partial charge in [-0.2, -0.15) is 0 Å². The first-order valence-electron chi connectivity index (χ1n) is 12.0. The first-order valence-corrected chi connectivity index (χ1v) is 12.4.